The van der Waals surface area contributed by atoms with Crippen molar-refractivity contribution in [1.29, 1.82) is 0 Å². The molecule has 4 nitrogen and oxygen atoms in total. The van der Waals surface area contributed by atoms with Crippen LogP contribution in [0.25, 0.3) is 11.3 Å². The van der Waals surface area contributed by atoms with E-state index in [1.54, 1.807) is 17.4 Å². The molecule has 0 bridgehead atoms. The number of nitrogens with zero attached hydrogens (tertiary/aromatic N) is 2. The number of hydrogen-bond acceptors (Lipinski definition) is 4. The molecule has 22 heavy (non-hydrogen) atoms. The van der Waals surface area contributed by atoms with Gasteiger partial charge < -0.3 is 10.2 Å². The van der Waals surface area contributed by atoms with Gasteiger partial charge in [0.15, 0.2) is 9.97 Å². The maximum atomic E-state index is 11.5. The molecule has 1 saturated heterocycles. The lowest BCUT2D eigenvalue weighted by molar-refractivity contribution is -0.114. The Hall–Kier alpha value is -1.30. The third-order valence-corrected chi connectivity index (χ3v) is 4.79. The van der Waals surface area contributed by atoms with E-state index < -0.39 is 10.7 Å². The molecule has 1 aromatic heterocycles. The van der Waals surface area contributed by atoms with Crippen molar-refractivity contribution in [2.24, 2.45) is 0 Å². The van der Waals surface area contributed by atoms with Crippen LogP contribution in [0.1, 0.15) is 12.8 Å². The first-order valence-corrected chi connectivity index (χ1v) is 8.78. The quantitative estimate of drug-likeness (QED) is 0.837. The van der Waals surface area contributed by atoms with Crippen molar-refractivity contribution in [1.82, 2.24) is 4.98 Å². The van der Waals surface area contributed by atoms with Crippen LogP contribution in [-0.4, -0.2) is 28.8 Å². The van der Waals surface area contributed by atoms with Crippen molar-refractivity contribution >= 4 is 51.3 Å². The first-order chi connectivity index (χ1) is 10.6. The fraction of sp³-hybridized carbons (Fsp3) is 0.333. The van der Waals surface area contributed by atoms with Crippen LogP contribution < -0.4 is 10.2 Å². The molecule has 1 aromatic carbocycles. The predicted octanol–water partition coefficient (Wildman–Crippen LogP) is 4.15. The number of anilines is 2. The molecular weight excluding hydrogens is 341 g/mol. The average molecular weight is 356 g/mol. The Kier molecular flexibility index (Phi) is 4.86. The lowest BCUT2D eigenvalue weighted by Crippen LogP contribution is -2.18. The molecule has 0 aliphatic carbocycles. The highest BCUT2D eigenvalue weighted by Crippen LogP contribution is 2.30. The number of carbonyl (C=O) groups is 1. The van der Waals surface area contributed by atoms with Gasteiger partial charge in [0.1, 0.15) is 0 Å². The van der Waals surface area contributed by atoms with E-state index in [1.165, 1.54) is 12.8 Å². The number of carbonyl (C=O) groups excluding carboxylic acids is 1. The zero-order chi connectivity index (χ0) is 15.5. The number of amides is 1. The second-order valence-electron chi connectivity index (χ2n) is 5.08. The minimum absolute atomic E-state index is 0.434. The first kappa shape index (κ1) is 15.6. The first-order valence-electron chi connectivity index (χ1n) is 7.03. The van der Waals surface area contributed by atoms with Gasteiger partial charge in [0, 0.05) is 29.7 Å². The zero-order valence-corrected chi connectivity index (χ0v) is 14.1. The number of halogens is 2. The van der Waals surface area contributed by atoms with Crippen molar-refractivity contribution in [3.8, 4) is 11.3 Å². The van der Waals surface area contributed by atoms with Crippen LogP contribution in [0, 0.1) is 0 Å². The highest BCUT2D eigenvalue weighted by atomic mass is 35.5. The fourth-order valence-corrected chi connectivity index (χ4v) is 3.40. The van der Waals surface area contributed by atoms with Crippen molar-refractivity contribution < 1.29 is 4.79 Å². The molecule has 0 spiro atoms. The van der Waals surface area contributed by atoms with E-state index in [2.05, 4.69) is 10.2 Å². The molecule has 3 rings (SSSR count). The summed E-state index contributed by atoms with van der Waals surface area (Å²) in [5.41, 5.74) is 2.53. The van der Waals surface area contributed by atoms with Gasteiger partial charge in [0.25, 0.3) is 5.91 Å². The molecule has 116 valence electrons. The second-order valence-corrected chi connectivity index (χ2v) is 7.01. The highest BCUT2D eigenvalue weighted by molar-refractivity contribution is 7.14. The van der Waals surface area contributed by atoms with Crippen molar-refractivity contribution in [2.45, 2.75) is 17.7 Å². The summed E-state index contributed by atoms with van der Waals surface area (Å²) in [6, 6.07) is 7.51. The van der Waals surface area contributed by atoms with Crippen LogP contribution in [0.3, 0.4) is 0 Å². The van der Waals surface area contributed by atoms with E-state index in [0.29, 0.717) is 5.69 Å². The highest BCUT2D eigenvalue weighted by Gasteiger charge is 2.16. The smallest absolute Gasteiger partial charge is 0.257 e. The van der Waals surface area contributed by atoms with Crippen LogP contribution in [-0.2, 0) is 4.79 Å². The van der Waals surface area contributed by atoms with Crippen molar-refractivity contribution in [2.75, 3.05) is 23.3 Å². The number of benzene rings is 1. The maximum absolute atomic E-state index is 11.5. The van der Waals surface area contributed by atoms with Gasteiger partial charge in [-0.15, -0.1) is 11.3 Å². The average Bonchev–Trinajstić information content (AvgIpc) is 3.18. The molecular formula is C15H15Cl2N3OS. The van der Waals surface area contributed by atoms with Gasteiger partial charge in [-0.05, 0) is 25.0 Å². The summed E-state index contributed by atoms with van der Waals surface area (Å²) in [6.07, 6.45) is 2.46. The number of aromatic nitrogens is 1. The lowest BCUT2D eigenvalue weighted by Gasteiger charge is -2.12. The molecule has 0 radical (unpaired) electrons. The van der Waals surface area contributed by atoms with Crippen LogP contribution in [0.5, 0.6) is 0 Å². The molecule has 1 aliphatic rings. The Balaban J connectivity index is 1.78. The van der Waals surface area contributed by atoms with Crippen molar-refractivity contribution in [3.05, 3.63) is 29.6 Å². The summed E-state index contributed by atoms with van der Waals surface area (Å²) in [5, 5.41) is 5.78. The Labute approximate surface area is 143 Å². The predicted molar refractivity (Wildman–Crippen MR) is 93.1 cm³/mol. The van der Waals surface area contributed by atoms with E-state index in [4.69, 9.17) is 28.2 Å². The maximum Gasteiger partial charge on any atom is 0.257 e. The molecule has 2 aromatic rings. The lowest BCUT2D eigenvalue weighted by atomic mass is 10.1. The summed E-state index contributed by atoms with van der Waals surface area (Å²) < 4.78 is 0. The molecule has 0 unspecified atom stereocenters. The Morgan fingerprint density at radius 2 is 2.09 bits per heavy atom. The van der Waals surface area contributed by atoms with Gasteiger partial charge in [-0.2, -0.15) is 0 Å². The van der Waals surface area contributed by atoms with E-state index in [9.17, 15) is 4.79 Å². The van der Waals surface area contributed by atoms with E-state index >= 15 is 0 Å². The van der Waals surface area contributed by atoms with Gasteiger partial charge >= 0.3 is 0 Å². The molecule has 1 N–H and O–H groups in total. The number of thiazole rings is 1. The third-order valence-electron chi connectivity index (χ3n) is 3.49. The van der Waals surface area contributed by atoms with Crippen molar-refractivity contribution in [3.63, 3.8) is 0 Å². The van der Waals surface area contributed by atoms with E-state index in [-0.39, 0.29) is 0 Å². The molecule has 1 amide bonds. The summed E-state index contributed by atoms with van der Waals surface area (Å²) in [4.78, 5) is 17.5. The van der Waals surface area contributed by atoms with Gasteiger partial charge in [-0.1, -0.05) is 35.3 Å². The molecule has 0 atom stereocenters. The fourth-order valence-electron chi connectivity index (χ4n) is 2.40. The SMILES string of the molecule is O=C(Nc1cccc(-c2csc(N3CCCC3)n2)c1)C(Cl)Cl. The monoisotopic (exact) mass is 355 g/mol. The number of rotatable bonds is 4. The van der Waals surface area contributed by atoms with Gasteiger partial charge in [-0.25, -0.2) is 4.98 Å². The summed E-state index contributed by atoms with van der Waals surface area (Å²) in [5.74, 6) is -0.434. The Morgan fingerprint density at radius 1 is 1.32 bits per heavy atom. The van der Waals surface area contributed by atoms with Gasteiger partial charge in [0.2, 0.25) is 0 Å². The van der Waals surface area contributed by atoms with E-state index in [0.717, 1.165) is 29.5 Å². The third kappa shape index (κ3) is 3.54. The molecule has 7 heteroatoms. The molecule has 1 aliphatic heterocycles. The van der Waals surface area contributed by atoms with Crippen LogP contribution in [0.2, 0.25) is 0 Å². The Morgan fingerprint density at radius 3 is 2.82 bits per heavy atom. The summed E-state index contributed by atoms with van der Waals surface area (Å²) in [6.45, 7) is 2.16. The minimum Gasteiger partial charge on any atom is -0.348 e. The summed E-state index contributed by atoms with van der Waals surface area (Å²) in [7, 11) is 0. The van der Waals surface area contributed by atoms with Gasteiger partial charge in [0.05, 0.1) is 5.69 Å². The van der Waals surface area contributed by atoms with Crippen LogP contribution in [0.4, 0.5) is 10.8 Å². The topological polar surface area (TPSA) is 45.2 Å². The largest absolute Gasteiger partial charge is 0.348 e. The molecule has 2 heterocycles. The number of nitrogens with one attached hydrogen (secondary N) is 1. The number of hydrogen-bond donors (Lipinski definition) is 1. The minimum atomic E-state index is -1.08. The second kappa shape index (κ2) is 6.86. The zero-order valence-electron chi connectivity index (χ0n) is 11.8. The summed E-state index contributed by atoms with van der Waals surface area (Å²) >= 11 is 12.7. The van der Waals surface area contributed by atoms with Crippen LogP contribution in [0.15, 0.2) is 29.6 Å². The normalized spacial score (nSPS) is 14.6. The Bertz CT molecular complexity index is 668. The number of alkyl halides is 2. The molecule has 0 saturated carbocycles. The van der Waals surface area contributed by atoms with E-state index in [1.807, 2.05) is 23.6 Å². The van der Waals surface area contributed by atoms with Gasteiger partial charge in [-0.3, -0.25) is 4.79 Å². The van der Waals surface area contributed by atoms with Crippen LogP contribution >= 0.6 is 34.5 Å². The standard InChI is InChI=1S/C15H15Cl2N3OS/c16-13(17)14(21)18-11-5-3-4-10(8-11)12-9-22-15(19-12)20-6-1-2-7-20/h3-5,8-9,13H,1-2,6-7H2,(H,18,21). The molecule has 1 fully saturated rings.